The Hall–Kier alpha value is -1.73. The van der Waals surface area contributed by atoms with Crippen molar-refractivity contribution >= 4 is 33.0 Å². The van der Waals surface area contributed by atoms with E-state index in [0.717, 1.165) is 17.6 Å². The zero-order valence-electron chi connectivity index (χ0n) is 11.1. The van der Waals surface area contributed by atoms with Gasteiger partial charge in [0, 0.05) is 18.9 Å². The van der Waals surface area contributed by atoms with Crippen molar-refractivity contribution < 1.29 is 8.42 Å². The van der Waals surface area contributed by atoms with Crippen LogP contribution in [0.25, 0.3) is 0 Å². The molecule has 1 aromatic carbocycles. The third kappa shape index (κ3) is 3.88. The Morgan fingerprint density at radius 1 is 1.35 bits per heavy atom. The number of anilines is 2. The van der Waals surface area contributed by atoms with Gasteiger partial charge in [-0.15, -0.1) is 0 Å². The molecule has 0 amide bonds. The van der Waals surface area contributed by atoms with Gasteiger partial charge in [-0.05, 0) is 24.3 Å². The van der Waals surface area contributed by atoms with Crippen molar-refractivity contribution in [2.24, 2.45) is 7.05 Å². The Morgan fingerprint density at radius 2 is 2.10 bits per heavy atom. The summed E-state index contributed by atoms with van der Waals surface area (Å²) >= 11 is 6.04. The molecule has 0 spiro atoms. The zero-order valence-corrected chi connectivity index (χ0v) is 12.7. The van der Waals surface area contributed by atoms with E-state index in [4.69, 9.17) is 11.6 Å². The molecule has 8 heteroatoms. The van der Waals surface area contributed by atoms with E-state index < -0.39 is 10.0 Å². The highest BCUT2D eigenvalue weighted by molar-refractivity contribution is 7.92. The molecule has 6 nitrogen and oxygen atoms in total. The average molecular weight is 315 g/mol. The van der Waals surface area contributed by atoms with E-state index in [1.807, 2.05) is 13.1 Å². The van der Waals surface area contributed by atoms with Gasteiger partial charge in [0.1, 0.15) is 0 Å². The fourth-order valence-electron chi connectivity index (χ4n) is 1.67. The van der Waals surface area contributed by atoms with Crippen LogP contribution < -0.4 is 10.0 Å². The molecule has 2 aromatic rings. The number of hydrogen-bond acceptors (Lipinski definition) is 4. The molecule has 0 saturated carbocycles. The topological polar surface area (TPSA) is 76.0 Å². The van der Waals surface area contributed by atoms with Gasteiger partial charge in [-0.25, -0.2) is 8.42 Å². The highest BCUT2D eigenvalue weighted by Crippen LogP contribution is 2.26. The highest BCUT2D eigenvalue weighted by atomic mass is 35.5. The summed E-state index contributed by atoms with van der Waals surface area (Å²) in [5.41, 5.74) is 2.19. The predicted molar refractivity (Wildman–Crippen MR) is 80.5 cm³/mol. The van der Waals surface area contributed by atoms with Crippen molar-refractivity contribution in [3.8, 4) is 0 Å². The molecule has 2 rings (SSSR count). The van der Waals surface area contributed by atoms with E-state index in [9.17, 15) is 8.42 Å². The van der Waals surface area contributed by atoms with Crippen LogP contribution in [0.2, 0.25) is 5.02 Å². The highest BCUT2D eigenvalue weighted by Gasteiger charge is 2.07. The molecule has 0 fully saturated rings. The summed E-state index contributed by atoms with van der Waals surface area (Å²) in [5, 5.41) is 7.61. The first-order chi connectivity index (χ1) is 9.35. The van der Waals surface area contributed by atoms with Gasteiger partial charge < -0.3 is 5.32 Å². The number of nitrogens with zero attached hydrogens (tertiary/aromatic N) is 2. The Bertz CT molecular complexity index is 712. The van der Waals surface area contributed by atoms with Crippen molar-refractivity contribution in [3.63, 3.8) is 0 Å². The fourth-order valence-corrected chi connectivity index (χ4v) is 2.54. The second kappa shape index (κ2) is 5.72. The fraction of sp³-hybridized carbons (Fsp3) is 0.250. The Morgan fingerprint density at radius 3 is 2.65 bits per heavy atom. The van der Waals surface area contributed by atoms with E-state index in [-0.39, 0.29) is 0 Å². The van der Waals surface area contributed by atoms with Crippen molar-refractivity contribution in [1.29, 1.82) is 0 Å². The number of aromatic nitrogens is 2. The normalized spacial score (nSPS) is 11.3. The Labute approximate surface area is 122 Å². The van der Waals surface area contributed by atoms with Gasteiger partial charge in [-0.1, -0.05) is 11.6 Å². The summed E-state index contributed by atoms with van der Waals surface area (Å²) in [6, 6.07) is 6.96. The number of sulfonamides is 1. The first-order valence-corrected chi connectivity index (χ1v) is 8.10. The van der Waals surface area contributed by atoms with E-state index in [1.54, 1.807) is 29.1 Å². The van der Waals surface area contributed by atoms with Crippen LogP contribution >= 0.6 is 11.6 Å². The Kier molecular flexibility index (Phi) is 4.20. The number of rotatable bonds is 5. The lowest BCUT2D eigenvalue weighted by Crippen LogP contribution is -2.10. The molecule has 0 aliphatic heterocycles. The van der Waals surface area contributed by atoms with Crippen LogP contribution in [0, 0.1) is 0 Å². The summed E-state index contributed by atoms with van der Waals surface area (Å²) < 4.78 is 26.4. The molecule has 20 heavy (non-hydrogen) atoms. The van der Waals surface area contributed by atoms with E-state index in [1.165, 1.54) is 0 Å². The number of nitrogens with one attached hydrogen (secondary N) is 2. The first-order valence-electron chi connectivity index (χ1n) is 5.83. The summed E-state index contributed by atoms with van der Waals surface area (Å²) in [6.07, 6.45) is 2.81. The van der Waals surface area contributed by atoms with Gasteiger partial charge in [0.05, 0.1) is 29.2 Å². The van der Waals surface area contributed by atoms with E-state index >= 15 is 0 Å². The number of aryl methyl sites for hydroxylation is 1. The van der Waals surface area contributed by atoms with Crippen molar-refractivity contribution in [2.45, 2.75) is 6.54 Å². The monoisotopic (exact) mass is 314 g/mol. The van der Waals surface area contributed by atoms with Crippen LogP contribution in [0.4, 0.5) is 11.4 Å². The summed E-state index contributed by atoms with van der Waals surface area (Å²) in [7, 11) is -1.47. The minimum atomic E-state index is -3.33. The predicted octanol–water partition coefficient (Wildman–Crippen LogP) is 2.06. The quantitative estimate of drug-likeness (QED) is 0.885. The molecular weight excluding hydrogens is 300 g/mol. The van der Waals surface area contributed by atoms with Gasteiger partial charge in [-0.3, -0.25) is 9.40 Å². The van der Waals surface area contributed by atoms with Crippen molar-refractivity contribution in [3.05, 3.63) is 41.2 Å². The van der Waals surface area contributed by atoms with Gasteiger partial charge in [0.15, 0.2) is 0 Å². The standard InChI is InChI=1S/C12H15ClN4O2S/c1-17-10(5-6-15-17)8-14-9-3-4-12(11(13)7-9)16-20(2,18)19/h3-7,14,16H,8H2,1-2H3. The van der Waals surface area contributed by atoms with E-state index in [0.29, 0.717) is 17.3 Å². The summed E-state index contributed by atoms with van der Waals surface area (Å²) in [4.78, 5) is 0. The van der Waals surface area contributed by atoms with Gasteiger partial charge >= 0.3 is 0 Å². The lowest BCUT2D eigenvalue weighted by Gasteiger charge is -2.10. The second-order valence-electron chi connectivity index (χ2n) is 4.37. The number of hydrogen-bond donors (Lipinski definition) is 2. The molecule has 0 aliphatic carbocycles. The third-order valence-electron chi connectivity index (χ3n) is 2.66. The molecule has 108 valence electrons. The molecule has 0 aliphatic rings. The number of benzene rings is 1. The average Bonchev–Trinajstić information content (AvgIpc) is 2.74. The first kappa shape index (κ1) is 14.7. The van der Waals surface area contributed by atoms with Crippen LogP contribution in [-0.4, -0.2) is 24.5 Å². The zero-order chi connectivity index (χ0) is 14.8. The maximum Gasteiger partial charge on any atom is 0.229 e. The molecule has 1 heterocycles. The Balaban J connectivity index is 2.07. The molecule has 0 bridgehead atoms. The van der Waals surface area contributed by atoms with E-state index in [2.05, 4.69) is 15.1 Å². The minimum Gasteiger partial charge on any atom is -0.379 e. The molecular formula is C12H15ClN4O2S. The molecule has 0 radical (unpaired) electrons. The SMILES string of the molecule is Cn1nccc1CNc1ccc(NS(C)(=O)=O)c(Cl)c1. The van der Waals surface area contributed by atoms with Crippen LogP contribution in [0.1, 0.15) is 5.69 Å². The van der Waals surface area contributed by atoms with Crippen LogP contribution in [0.5, 0.6) is 0 Å². The largest absolute Gasteiger partial charge is 0.379 e. The van der Waals surface area contributed by atoms with Gasteiger partial charge in [0.2, 0.25) is 10.0 Å². The van der Waals surface area contributed by atoms with Crippen molar-refractivity contribution in [1.82, 2.24) is 9.78 Å². The third-order valence-corrected chi connectivity index (χ3v) is 3.56. The number of halogens is 1. The molecule has 2 N–H and O–H groups in total. The molecule has 1 aromatic heterocycles. The molecule has 0 atom stereocenters. The van der Waals surface area contributed by atoms with Crippen LogP contribution in [0.15, 0.2) is 30.5 Å². The van der Waals surface area contributed by atoms with Gasteiger partial charge in [0.25, 0.3) is 0 Å². The van der Waals surface area contributed by atoms with Crippen LogP contribution in [0.3, 0.4) is 0 Å². The lowest BCUT2D eigenvalue weighted by atomic mass is 10.3. The van der Waals surface area contributed by atoms with Gasteiger partial charge in [-0.2, -0.15) is 5.10 Å². The minimum absolute atomic E-state index is 0.338. The summed E-state index contributed by atoms with van der Waals surface area (Å²) in [6.45, 7) is 0.603. The van der Waals surface area contributed by atoms with Crippen LogP contribution in [-0.2, 0) is 23.6 Å². The molecule has 0 unspecified atom stereocenters. The summed E-state index contributed by atoms with van der Waals surface area (Å²) in [5.74, 6) is 0. The lowest BCUT2D eigenvalue weighted by molar-refractivity contribution is 0.607. The second-order valence-corrected chi connectivity index (χ2v) is 6.52. The van der Waals surface area contributed by atoms with Crippen molar-refractivity contribution in [2.75, 3.05) is 16.3 Å². The maximum atomic E-state index is 11.2. The smallest absolute Gasteiger partial charge is 0.229 e. The maximum absolute atomic E-state index is 11.2. The molecule has 0 saturated heterocycles.